The highest BCUT2D eigenvalue weighted by Crippen LogP contribution is 2.18. The Balaban J connectivity index is 1.61. The summed E-state index contributed by atoms with van der Waals surface area (Å²) in [6.07, 6.45) is 7.34. The Morgan fingerprint density at radius 3 is 2.67 bits per heavy atom. The van der Waals surface area contributed by atoms with Crippen LogP contribution in [0.4, 0.5) is 0 Å². The highest BCUT2D eigenvalue weighted by Gasteiger charge is 2.24. The topological polar surface area (TPSA) is 79.6 Å². The molecule has 3 heterocycles. The van der Waals surface area contributed by atoms with Crippen LogP contribution in [0, 0.1) is 5.92 Å². The fourth-order valence-electron chi connectivity index (χ4n) is 4.54. The molecular weight excluding hydrogens is 378 g/mol. The Morgan fingerprint density at radius 2 is 2.00 bits per heavy atom. The van der Waals surface area contributed by atoms with Crippen molar-refractivity contribution in [2.45, 2.75) is 84.5 Å². The monoisotopic (exact) mass is 419 g/mol. The van der Waals surface area contributed by atoms with Crippen LogP contribution in [-0.4, -0.2) is 71.0 Å². The maximum Gasteiger partial charge on any atom is 0.191 e. The average molecular weight is 420 g/mol. The predicted molar refractivity (Wildman–Crippen MR) is 121 cm³/mol. The number of hydrogen-bond acceptors (Lipinski definition) is 5. The van der Waals surface area contributed by atoms with E-state index in [0.717, 1.165) is 50.1 Å². The molecule has 0 aliphatic carbocycles. The SMILES string of the molecule is CCNC(=NCC(C(C)C)N1CCCCCC1)NC1CCc2nc(COC)nn2C1. The fourth-order valence-corrected chi connectivity index (χ4v) is 4.54. The van der Waals surface area contributed by atoms with Gasteiger partial charge in [-0.05, 0) is 45.2 Å². The van der Waals surface area contributed by atoms with E-state index in [1.165, 1.54) is 38.8 Å². The van der Waals surface area contributed by atoms with Gasteiger partial charge in [0.25, 0.3) is 0 Å². The first kappa shape index (κ1) is 23.0. The zero-order valence-corrected chi connectivity index (χ0v) is 19.4. The highest BCUT2D eigenvalue weighted by molar-refractivity contribution is 5.80. The molecule has 0 spiro atoms. The summed E-state index contributed by atoms with van der Waals surface area (Å²) in [6, 6.07) is 0.812. The van der Waals surface area contributed by atoms with Gasteiger partial charge >= 0.3 is 0 Å². The Hall–Kier alpha value is -1.67. The normalized spacial score (nSPS) is 21.9. The van der Waals surface area contributed by atoms with E-state index in [0.29, 0.717) is 24.6 Å². The molecule has 1 aromatic heterocycles. The van der Waals surface area contributed by atoms with Crippen molar-refractivity contribution in [1.29, 1.82) is 0 Å². The zero-order valence-electron chi connectivity index (χ0n) is 19.4. The number of aryl methyl sites for hydroxylation is 1. The molecule has 2 N–H and O–H groups in total. The van der Waals surface area contributed by atoms with Gasteiger partial charge in [-0.3, -0.25) is 9.89 Å². The van der Waals surface area contributed by atoms with Gasteiger partial charge in [0.2, 0.25) is 0 Å². The molecule has 2 unspecified atom stereocenters. The Morgan fingerprint density at radius 1 is 1.23 bits per heavy atom. The summed E-state index contributed by atoms with van der Waals surface area (Å²) in [5, 5.41) is 11.7. The van der Waals surface area contributed by atoms with Gasteiger partial charge in [0.05, 0.1) is 13.1 Å². The van der Waals surface area contributed by atoms with Crippen molar-refractivity contribution < 1.29 is 4.74 Å². The Labute approximate surface area is 181 Å². The number of aliphatic imine (C=N–C) groups is 1. The third-order valence-electron chi connectivity index (χ3n) is 6.18. The number of ether oxygens (including phenoxy) is 1. The molecule has 30 heavy (non-hydrogen) atoms. The molecule has 0 bridgehead atoms. The number of likely N-dealkylation sites (tertiary alicyclic amines) is 1. The second-order valence-corrected chi connectivity index (χ2v) is 8.92. The number of nitrogens with zero attached hydrogens (tertiary/aromatic N) is 5. The largest absolute Gasteiger partial charge is 0.377 e. The van der Waals surface area contributed by atoms with E-state index in [2.05, 4.69) is 46.4 Å². The van der Waals surface area contributed by atoms with E-state index in [-0.39, 0.29) is 0 Å². The van der Waals surface area contributed by atoms with E-state index >= 15 is 0 Å². The number of methoxy groups -OCH3 is 1. The van der Waals surface area contributed by atoms with Crippen molar-refractivity contribution in [3.8, 4) is 0 Å². The first-order valence-corrected chi connectivity index (χ1v) is 11.8. The quantitative estimate of drug-likeness (QED) is 0.497. The molecule has 0 radical (unpaired) electrons. The molecule has 2 aliphatic rings. The van der Waals surface area contributed by atoms with Crippen molar-refractivity contribution in [2.24, 2.45) is 10.9 Å². The van der Waals surface area contributed by atoms with Crippen LogP contribution in [0.15, 0.2) is 4.99 Å². The Bertz CT molecular complexity index is 664. The molecule has 0 amide bonds. The van der Waals surface area contributed by atoms with Crippen molar-refractivity contribution in [2.75, 3.05) is 33.3 Å². The second-order valence-electron chi connectivity index (χ2n) is 8.92. The molecule has 2 atom stereocenters. The summed E-state index contributed by atoms with van der Waals surface area (Å²) in [5.41, 5.74) is 0. The number of nitrogens with one attached hydrogen (secondary N) is 2. The lowest BCUT2D eigenvalue weighted by Gasteiger charge is -2.33. The maximum absolute atomic E-state index is 5.17. The molecule has 1 saturated heterocycles. The molecule has 170 valence electrons. The standard InChI is InChI=1S/C22H41N7O/c1-5-23-22(24-14-19(17(2)3)28-12-8-6-7-9-13-28)25-18-10-11-21-26-20(16-30-4)27-29(21)15-18/h17-19H,5-16H2,1-4H3,(H2,23,24,25). The third kappa shape index (κ3) is 6.41. The number of fused-ring (bicyclic) bond motifs is 1. The van der Waals surface area contributed by atoms with Crippen LogP contribution in [0.3, 0.4) is 0 Å². The lowest BCUT2D eigenvalue weighted by atomic mass is 10.0. The lowest BCUT2D eigenvalue weighted by molar-refractivity contribution is 0.166. The first-order valence-electron chi connectivity index (χ1n) is 11.8. The van der Waals surface area contributed by atoms with Crippen LogP contribution in [0.25, 0.3) is 0 Å². The van der Waals surface area contributed by atoms with Crippen LogP contribution < -0.4 is 10.6 Å². The number of hydrogen-bond donors (Lipinski definition) is 2. The summed E-state index contributed by atoms with van der Waals surface area (Å²) in [5.74, 6) is 3.35. The number of rotatable bonds is 8. The zero-order chi connectivity index (χ0) is 21.3. The minimum absolute atomic E-state index is 0.308. The van der Waals surface area contributed by atoms with Gasteiger partial charge in [0.1, 0.15) is 12.4 Å². The van der Waals surface area contributed by atoms with Crippen molar-refractivity contribution in [3.63, 3.8) is 0 Å². The molecular formula is C22H41N7O. The molecule has 1 fully saturated rings. The van der Waals surface area contributed by atoms with Crippen molar-refractivity contribution >= 4 is 5.96 Å². The molecule has 3 rings (SSSR count). The van der Waals surface area contributed by atoms with E-state index in [9.17, 15) is 0 Å². The summed E-state index contributed by atoms with van der Waals surface area (Å²) in [7, 11) is 1.68. The van der Waals surface area contributed by atoms with Crippen LogP contribution in [-0.2, 0) is 24.3 Å². The second kappa shape index (κ2) is 11.6. The van der Waals surface area contributed by atoms with E-state index in [4.69, 9.17) is 9.73 Å². The highest BCUT2D eigenvalue weighted by atomic mass is 16.5. The first-order chi connectivity index (χ1) is 14.6. The average Bonchev–Trinajstić information content (AvgIpc) is 2.92. The van der Waals surface area contributed by atoms with E-state index in [1.54, 1.807) is 7.11 Å². The maximum atomic E-state index is 5.17. The third-order valence-corrected chi connectivity index (χ3v) is 6.18. The van der Waals surface area contributed by atoms with Gasteiger partial charge in [-0.1, -0.05) is 26.7 Å². The number of guanidine groups is 1. The molecule has 0 aromatic carbocycles. The summed E-state index contributed by atoms with van der Waals surface area (Å²) in [6.45, 7) is 12.2. The van der Waals surface area contributed by atoms with Gasteiger partial charge in [0, 0.05) is 32.2 Å². The molecule has 2 aliphatic heterocycles. The van der Waals surface area contributed by atoms with Gasteiger partial charge in [-0.2, -0.15) is 5.10 Å². The summed E-state index contributed by atoms with van der Waals surface area (Å²) < 4.78 is 7.19. The van der Waals surface area contributed by atoms with Gasteiger partial charge < -0.3 is 15.4 Å². The van der Waals surface area contributed by atoms with Crippen LogP contribution >= 0.6 is 0 Å². The van der Waals surface area contributed by atoms with Crippen molar-refractivity contribution in [3.05, 3.63) is 11.6 Å². The van der Waals surface area contributed by atoms with Gasteiger partial charge in [0.15, 0.2) is 11.8 Å². The van der Waals surface area contributed by atoms with Crippen LogP contribution in [0.1, 0.15) is 64.5 Å². The van der Waals surface area contributed by atoms with E-state index in [1.807, 2.05) is 4.68 Å². The van der Waals surface area contributed by atoms with Gasteiger partial charge in [-0.25, -0.2) is 9.67 Å². The number of aromatic nitrogens is 3. The minimum atomic E-state index is 0.308. The Kier molecular flexibility index (Phi) is 8.93. The fraction of sp³-hybridized carbons (Fsp3) is 0.864. The lowest BCUT2D eigenvalue weighted by Crippen LogP contribution is -2.48. The molecule has 1 aromatic rings. The summed E-state index contributed by atoms with van der Waals surface area (Å²) >= 11 is 0. The van der Waals surface area contributed by atoms with Crippen molar-refractivity contribution in [1.82, 2.24) is 30.3 Å². The van der Waals surface area contributed by atoms with Crippen LogP contribution in [0.2, 0.25) is 0 Å². The molecule has 0 saturated carbocycles. The van der Waals surface area contributed by atoms with Gasteiger partial charge in [-0.15, -0.1) is 0 Å². The molecule has 8 nitrogen and oxygen atoms in total. The minimum Gasteiger partial charge on any atom is -0.377 e. The smallest absolute Gasteiger partial charge is 0.191 e. The molecule has 8 heteroatoms. The summed E-state index contributed by atoms with van der Waals surface area (Å²) in [4.78, 5) is 12.3. The predicted octanol–water partition coefficient (Wildman–Crippen LogP) is 2.20. The van der Waals surface area contributed by atoms with Crippen LogP contribution in [0.5, 0.6) is 0 Å². The van der Waals surface area contributed by atoms with E-state index < -0.39 is 0 Å².